The van der Waals surface area contributed by atoms with Crippen LogP contribution in [0.2, 0.25) is 0 Å². The van der Waals surface area contributed by atoms with Crippen molar-refractivity contribution in [3.8, 4) is 0 Å². The normalized spacial score (nSPS) is 17.2. The maximum atomic E-state index is 12.2. The number of carbonyl (C=O) groups excluding carboxylic acids is 2. The Bertz CT molecular complexity index is 987. The van der Waals surface area contributed by atoms with Crippen LogP contribution in [0, 0.1) is 5.41 Å². The quantitative estimate of drug-likeness (QED) is 0.356. The number of benzene rings is 1. The number of amides is 2. The van der Waals surface area contributed by atoms with Gasteiger partial charge in [-0.1, -0.05) is 55.4 Å². The van der Waals surface area contributed by atoms with E-state index >= 15 is 0 Å². The van der Waals surface area contributed by atoms with Crippen molar-refractivity contribution < 1.29 is 9.59 Å². The van der Waals surface area contributed by atoms with Crippen molar-refractivity contribution in [3.63, 3.8) is 0 Å². The van der Waals surface area contributed by atoms with E-state index < -0.39 is 0 Å². The van der Waals surface area contributed by atoms with E-state index in [1.165, 1.54) is 42.9 Å². The maximum absolute atomic E-state index is 12.2. The average molecular weight is 433 g/mol. The molecule has 0 saturated carbocycles. The molecule has 2 rings (SSSR count). The Morgan fingerprint density at radius 3 is 2.16 bits per heavy atom. The van der Waals surface area contributed by atoms with Crippen LogP contribution in [0.5, 0.6) is 0 Å². The lowest BCUT2D eigenvalue weighted by molar-refractivity contribution is -0.114. The summed E-state index contributed by atoms with van der Waals surface area (Å²) < 4.78 is 0. The van der Waals surface area contributed by atoms with Crippen LogP contribution in [0.3, 0.4) is 0 Å². The van der Waals surface area contributed by atoms with Crippen molar-refractivity contribution in [2.24, 2.45) is 5.41 Å². The Labute approximate surface area is 192 Å². The molecule has 32 heavy (non-hydrogen) atoms. The molecule has 0 unspecified atom stereocenters. The van der Waals surface area contributed by atoms with Gasteiger partial charge >= 0.3 is 0 Å². The zero-order chi connectivity index (χ0) is 23.7. The first-order valence-corrected chi connectivity index (χ1v) is 11.2. The number of nitrogens with one attached hydrogen (secondary N) is 2. The number of allylic oxidation sites excluding steroid dienone is 9. The number of rotatable bonds is 7. The average Bonchev–Trinajstić information content (AvgIpc) is 2.68. The first-order valence-electron chi connectivity index (χ1n) is 11.2. The first kappa shape index (κ1) is 25.1. The second-order valence-electron chi connectivity index (χ2n) is 9.17. The van der Waals surface area contributed by atoms with E-state index in [1.807, 2.05) is 19.1 Å². The lowest BCUT2D eigenvalue weighted by atomic mass is 9.72. The summed E-state index contributed by atoms with van der Waals surface area (Å²) in [5.41, 5.74) is 6.59. The lowest BCUT2D eigenvalue weighted by Gasteiger charge is -2.32. The van der Waals surface area contributed by atoms with Gasteiger partial charge in [-0.05, 0) is 80.9 Å². The third-order valence-corrected chi connectivity index (χ3v) is 5.61. The van der Waals surface area contributed by atoms with Crippen LogP contribution in [0.15, 0.2) is 83.0 Å². The van der Waals surface area contributed by atoms with Crippen molar-refractivity contribution >= 4 is 23.2 Å². The van der Waals surface area contributed by atoms with Crippen LogP contribution >= 0.6 is 0 Å². The molecule has 1 aromatic carbocycles. The monoisotopic (exact) mass is 432 g/mol. The largest absolute Gasteiger partial charge is 0.326 e. The Balaban J connectivity index is 1.93. The fourth-order valence-corrected chi connectivity index (χ4v) is 3.91. The molecule has 0 aromatic heterocycles. The molecule has 1 aliphatic carbocycles. The van der Waals surface area contributed by atoms with Crippen LogP contribution in [0.4, 0.5) is 11.4 Å². The van der Waals surface area contributed by atoms with Gasteiger partial charge in [0.25, 0.3) is 0 Å². The van der Waals surface area contributed by atoms with E-state index in [-0.39, 0.29) is 17.2 Å². The molecule has 0 heterocycles. The molecular formula is C28H36N2O2. The molecule has 1 aliphatic rings. The second-order valence-corrected chi connectivity index (χ2v) is 9.17. The van der Waals surface area contributed by atoms with Gasteiger partial charge in [-0.25, -0.2) is 0 Å². The summed E-state index contributed by atoms with van der Waals surface area (Å²) in [6.45, 7) is 12.3. The molecule has 0 spiro atoms. The molecule has 4 nitrogen and oxygen atoms in total. The fourth-order valence-electron chi connectivity index (χ4n) is 3.91. The van der Waals surface area contributed by atoms with Crippen LogP contribution in [0.25, 0.3) is 0 Å². The van der Waals surface area contributed by atoms with Gasteiger partial charge in [-0.3, -0.25) is 9.59 Å². The van der Waals surface area contributed by atoms with Gasteiger partial charge in [0.2, 0.25) is 11.8 Å². The summed E-state index contributed by atoms with van der Waals surface area (Å²) in [6.07, 6.45) is 15.6. The standard InChI is InChI=1S/C28H36N2O2/c1-20(12-17-26-22(3)11-8-18-28(26,5)6)9-7-10-21(2)19-27(32)30-25-15-13-24(14-16-25)29-23(4)31/h7,9-10,12-17,19H,8,11,18H2,1-6H3,(H,29,31)(H,30,32). The smallest absolute Gasteiger partial charge is 0.248 e. The van der Waals surface area contributed by atoms with E-state index in [9.17, 15) is 9.59 Å². The zero-order valence-electron chi connectivity index (χ0n) is 20.2. The summed E-state index contributed by atoms with van der Waals surface area (Å²) in [5.74, 6) is -0.320. The third kappa shape index (κ3) is 8.18. The Kier molecular flexibility index (Phi) is 9.01. The van der Waals surface area contributed by atoms with Crippen molar-refractivity contribution in [2.75, 3.05) is 10.6 Å². The maximum Gasteiger partial charge on any atom is 0.248 e. The molecule has 170 valence electrons. The van der Waals surface area contributed by atoms with Crippen molar-refractivity contribution in [1.82, 2.24) is 0 Å². The molecule has 0 bridgehead atoms. The van der Waals surface area contributed by atoms with Crippen molar-refractivity contribution in [2.45, 2.75) is 60.8 Å². The predicted octanol–water partition coefficient (Wildman–Crippen LogP) is 7.12. The molecule has 2 N–H and O–H groups in total. The van der Waals surface area contributed by atoms with Gasteiger partial charge in [-0.2, -0.15) is 0 Å². The van der Waals surface area contributed by atoms with Gasteiger partial charge < -0.3 is 10.6 Å². The SMILES string of the molecule is CC(=O)Nc1ccc(NC(=O)C=C(C)C=CC=C(C)C=CC2=C(C)CCCC2(C)C)cc1. The number of hydrogen-bond acceptors (Lipinski definition) is 2. The van der Waals surface area contributed by atoms with E-state index in [0.29, 0.717) is 11.4 Å². The molecule has 0 atom stereocenters. The fraction of sp³-hybridized carbons (Fsp3) is 0.357. The Morgan fingerprint density at radius 2 is 1.56 bits per heavy atom. The number of anilines is 2. The predicted molar refractivity (Wildman–Crippen MR) is 136 cm³/mol. The van der Waals surface area contributed by atoms with Crippen LogP contribution < -0.4 is 10.6 Å². The topological polar surface area (TPSA) is 58.2 Å². The van der Waals surface area contributed by atoms with Gasteiger partial charge in [-0.15, -0.1) is 0 Å². The number of hydrogen-bond donors (Lipinski definition) is 2. The molecule has 4 heteroatoms. The molecular weight excluding hydrogens is 396 g/mol. The van der Waals surface area contributed by atoms with Crippen molar-refractivity contribution in [1.29, 1.82) is 0 Å². The highest BCUT2D eigenvalue weighted by molar-refractivity contribution is 6.00. The zero-order valence-corrected chi connectivity index (χ0v) is 20.2. The minimum absolute atomic E-state index is 0.128. The number of carbonyl (C=O) groups is 2. The molecule has 2 amide bonds. The van der Waals surface area contributed by atoms with E-state index in [1.54, 1.807) is 30.3 Å². The Morgan fingerprint density at radius 1 is 0.938 bits per heavy atom. The minimum atomic E-state index is -0.193. The lowest BCUT2D eigenvalue weighted by Crippen LogP contribution is -2.19. The highest BCUT2D eigenvalue weighted by Crippen LogP contribution is 2.40. The summed E-state index contributed by atoms with van der Waals surface area (Å²) in [5, 5.41) is 5.53. The molecule has 0 aliphatic heterocycles. The summed E-state index contributed by atoms with van der Waals surface area (Å²) in [6, 6.07) is 7.01. The van der Waals surface area contributed by atoms with Crippen molar-refractivity contribution in [3.05, 3.63) is 83.0 Å². The summed E-state index contributed by atoms with van der Waals surface area (Å²) in [4.78, 5) is 23.3. The van der Waals surface area contributed by atoms with Gasteiger partial charge in [0.15, 0.2) is 0 Å². The van der Waals surface area contributed by atoms with E-state index in [0.717, 1.165) is 5.57 Å². The second kappa shape index (κ2) is 11.5. The third-order valence-electron chi connectivity index (χ3n) is 5.61. The molecule has 1 aromatic rings. The molecule has 0 fully saturated rings. The highest BCUT2D eigenvalue weighted by Gasteiger charge is 2.26. The summed E-state index contributed by atoms with van der Waals surface area (Å²) in [7, 11) is 0. The van der Waals surface area contributed by atoms with E-state index in [2.05, 4.69) is 56.6 Å². The van der Waals surface area contributed by atoms with E-state index in [4.69, 9.17) is 0 Å². The van der Waals surface area contributed by atoms with Gasteiger partial charge in [0, 0.05) is 24.4 Å². The minimum Gasteiger partial charge on any atom is -0.326 e. The highest BCUT2D eigenvalue weighted by atomic mass is 16.2. The molecule has 0 radical (unpaired) electrons. The molecule has 0 saturated heterocycles. The van der Waals surface area contributed by atoms with Crippen LogP contribution in [-0.2, 0) is 9.59 Å². The van der Waals surface area contributed by atoms with Gasteiger partial charge in [0.05, 0.1) is 0 Å². The Hall–Kier alpha value is -3.14. The first-order chi connectivity index (χ1) is 15.1. The van der Waals surface area contributed by atoms with Gasteiger partial charge in [0.1, 0.15) is 0 Å². The van der Waals surface area contributed by atoms with Crippen LogP contribution in [0.1, 0.15) is 60.8 Å². The summed E-state index contributed by atoms with van der Waals surface area (Å²) >= 11 is 0. The van der Waals surface area contributed by atoms with Crippen LogP contribution in [-0.4, -0.2) is 11.8 Å².